The number of piperidine rings is 1. The van der Waals surface area contributed by atoms with Crippen molar-refractivity contribution in [3.05, 3.63) is 23.8 Å². The molecule has 5 nitrogen and oxygen atoms in total. The molecule has 0 aliphatic carbocycles. The molecule has 112 valence electrons. The first kappa shape index (κ1) is 15.1. The molecule has 1 saturated heterocycles. The summed E-state index contributed by atoms with van der Waals surface area (Å²) in [5.41, 5.74) is 10.5. The normalized spacial score (nSPS) is 17.8. The Morgan fingerprint density at radius 2 is 1.95 bits per heavy atom. The number of hydrogen-bond donors (Lipinski definition) is 2. The van der Waals surface area contributed by atoms with E-state index < -0.39 is 0 Å². The third kappa shape index (κ3) is 3.62. The monoisotopic (exact) mass is 279 g/mol. The lowest BCUT2D eigenvalue weighted by atomic mass is 10.1. The highest BCUT2D eigenvalue weighted by atomic mass is 16.5. The second-order valence-corrected chi connectivity index (χ2v) is 5.07. The Morgan fingerprint density at radius 1 is 1.20 bits per heavy atom. The van der Waals surface area contributed by atoms with Gasteiger partial charge in [-0.1, -0.05) is 6.42 Å². The standard InChI is InChI=1S/C15H25N3O2/c1-19-12-6-7-15(20-2)13(10-12)14(11-16)17-18-8-4-3-5-9-18/h6-7,10,14,17H,3-5,8-9,11,16H2,1-2H3. The summed E-state index contributed by atoms with van der Waals surface area (Å²) in [6.45, 7) is 2.66. The van der Waals surface area contributed by atoms with E-state index >= 15 is 0 Å². The fourth-order valence-electron chi connectivity index (χ4n) is 2.60. The minimum Gasteiger partial charge on any atom is -0.497 e. The number of rotatable bonds is 6. The maximum absolute atomic E-state index is 5.95. The average molecular weight is 279 g/mol. The van der Waals surface area contributed by atoms with Gasteiger partial charge in [0.15, 0.2) is 0 Å². The zero-order chi connectivity index (χ0) is 14.4. The van der Waals surface area contributed by atoms with Crippen molar-refractivity contribution in [1.29, 1.82) is 0 Å². The van der Waals surface area contributed by atoms with E-state index in [2.05, 4.69) is 10.4 Å². The Hall–Kier alpha value is -1.30. The van der Waals surface area contributed by atoms with E-state index in [1.807, 2.05) is 18.2 Å². The fourth-order valence-corrected chi connectivity index (χ4v) is 2.60. The molecule has 3 N–H and O–H groups in total. The highest BCUT2D eigenvalue weighted by Crippen LogP contribution is 2.29. The van der Waals surface area contributed by atoms with Crippen molar-refractivity contribution in [3.8, 4) is 11.5 Å². The molecule has 1 fully saturated rings. The number of nitrogens with two attached hydrogens (primary N) is 1. The first-order chi connectivity index (χ1) is 9.78. The minimum absolute atomic E-state index is 0.0400. The molecule has 1 aromatic carbocycles. The molecular weight excluding hydrogens is 254 g/mol. The molecule has 0 radical (unpaired) electrons. The summed E-state index contributed by atoms with van der Waals surface area (Å²) in [5.74, 6) is 1.66. The van der Waals surface area contributed by atoms with Gasteiger partial charge < -0.3 is 15.2 Å². The maximum Gasteiger partial charge on any atom is 0.124 e. The van der Waals surface area contributed by atoms with E-state index in [9.17, 15) is 0 Å². The van der Waals surface area contributed by atoms with Crippen LogP contribution in [0, 0.1) is 0 Å². The van der Waals surface area contributed by atoms with Gasteiger partial charge in [-0.15, -0.1) is 0 Å². The van der Waals surface area contributed by atoms with E-state index in [0.29, 0.717) is 6.54 Å². The van der Waals surface area contributed by atoms with E-state index in [-0.39, 0.29) is 6.04 Å². The first-order valence-electron chi connectivity index (χ1n) is 7.21. The summed E-state index contributed by atoms with van der Waals surface area (Å²) in [5, 5.41) is 2.26. The van der Waals surface area contributed by atoms with Gasteiger partial charge in [-0.3, -0.25) is 0 Å². The quantitative estimate of drug-likeness (QED) is 0.830. The highest BCUT2D eigenvalue weighted by molar-refractivity contribution is 5.42. The third-order valence-corrected chi connectivity index (χ3v) is 3.74. The van der Waals surface area contributed by atoms with E-state index in [1.165, 1.54) is 19.3 Å². The van der Waals surface area contributed by atoms with Gasteiger partial charge in [0.2, 0.25) is 0 Å². The van der Waals surface area contributed by atoms with Crippen LogP contribution in [0.1, 0.15) is 30.9 Å². The first-order valence-corrected chi connectivity index (χ1v) is 7.21. The van der Waals surface area contributed by atoms with Crippen molar-refractivity contribution in [1.82, 2.24) is 10.4 Å². The molecule has 1 aliphatic rings. The summed E-state index contributed by atoms with van der Waals surface area (Å²) in [6.07, 6.45) is 3.78. The number of hydrazine groups is 1. The van der Waals surface area contributed by atoms with E-state index in [4.69, 9.17) is 15.2 Å². The van der Waals surface area contributed by atoms with Crippen LogP contribution in [0.2, 0.25) is 0 Å². The number of nitrogens with zero attached hydrogens (tertiary/aromatic N) is 1. The van der Waals surface area contributed by atoms with Crippen molar-refractivity contribution in [2.45, 2.75) is 25.3 Å². The fraction of sp³-hybridized carbons (Fsp3) is 0.600. The molecule has 0 amide bonds. The Kier molecular flexibility index (Phi) is 5.64. The van der Waals surface area contributed by atoms with Crippen molar-refractivity contribution in [2.24, 2.45) is 5.73 Å². The van der Waals surface area contributed by atoms with Crippen LogP contribution in [0.25, 0.3) is 0 Å². The lowest BCUT2D eigenvalue weighted by Crippen LogP contribution is -2.45. The second-order valence-electron chi connectivity index (χ2n) is 5.07. The molecule has 0 bridgehead atoms. The summed E-state index contributed by atoms with van der Waals surface area (Å²) >= 11 is 0. The number of hydrogen-bond acceptors (Lipinski definition) is 5. The van der Waals surface area contributed by atoms with Crippen molar-refractivity contribution in [3.63, 3.8) is 0 Å². The summed E-state index contributed by atoms with van der Waals surface area (Å²) in [7, 11) is 3.35. The van der Waals surface area contributed by atoms with Gasteiger partial charge in [-0.05, 0) is 31.0 Å². The molecule has 1 aliphatic heterocycles. The lowest BCUT2D eigenvalue weighted by Gasteiger charge is -2.32. The zero-order valence-corrected chi connectivity index (χ0v) is 12.4. The van der Waals surface area contributed by atoms with Crippen LogP contribution in [-0.4, -0.2) is 38.9 Å². The molecule has 1 unspecified atom stereocenters. The van der Waals surface area contributed by atoms with Crippen LogP contribution in [0.3, 0.4) is 0 Å². The SMILES string of the molecule is COc1ccc(OC)c(C(CN)NN2CCCCC2)c1. The van der Waals surface area contributed by atoms with Crippen LogP contribution < -0.4 is 20.6 Å². The number of methoxy groups -OCH3 is 2. The third-order valence-electron chi connectivity index (χ3n) is 3.74. The Bertz CT molecular complexity index is 420. The molecule has 0 saturated carbocycles. The summed E-state index contributed by atoms with van der Waals surface area (Å²) < 4.78 is 10.7. The van der Waals surface area contributed by atoms with Gasteiger partial charge in [0, 0.05) is 25.2 Å². The molecule has 0 aromatic heterocycles. The number of benzene rings is 1. The largest absolute Gasteiger partial charge is 0.497 e. The van der Waals surface area contributed by atoms with Crippen molar-refractivity contribution >= 4 is 0 Å². The van der Waals surface area contributed by atoms with Crippen LogP contribution >= 0.6 is 0 Å². The highest BCUT2D eigenvalue weighted by Gasteiger charge is 2.19. The molecular formula is C15H25N3O2. The molecule has 1 heterocycles. The van der Waals surface area contributed by atoms with Gasteiger partial charge in [-0.2, -0.15) is 0 Å². The topological polar surface area (TPSA) is 59.8 Å². The predicted molar refractivity (Wildman–Crippen MR) is 79.9 cm³/mol. The van der Waals surface area contributed by atoms with E-state index in [1.54, 1.807) is 14.2 Å². The molecule has 20 heavy (non-hydrogen) atoms. The Balaban J connectivity index is 2.16. The van der Waals surface area contributed by atoms with Gasteiger partial charge in [0.05, 0.1) is 20.3 Å². The number of ether oxygens (including phenoxy) is 2. The van der Waals surface area contributed by atoms with Crippen LogP contribution in [-0.2, 0) is 0 Å². The average Bonchev–Trinajstić information content (AvgIpc) is 2.53. The van der Waals surface area contributed by atoms with Crippen LogP contribution in [0.5, 0.6) is 11.5 Å². The van der Waals surface area contributed by atoms with Crippen molar-refractivity contribution < 1.29 is 9.47 Å². The zero-order valence-electron chi connectivity index (χ0n) is 12.4. The minimum atomic E-state index is 0.0400. The van der Waals surface area contributed by atoms with Crippen LogP contribution in [0.15, 0.2) is 18.2 Å². The summed E-state index contributed by atoms with van der Waals surface area (Å²) in [6, 6.07) is 5.86. The molecule has 1 aromatic rings. The molecule has 2 rings (SSSR count). The van der Waals surface area contributed by atoms with Gasteiger partial charge in [0.1, 0.15) is 11.5 Å². The van der Waals surface area contributed by atoms with E-state index in [0.717, 1.165) is 30.2 Å². The molecule has 0 spiro atoms. The predicted octanol–water partition coefficient (Wildman–Crippen LogP) is 1.69. The van der Waals surface area contributed by atoms with Crippen LogP contribution in [0.4, 0.5) is 0 Å². The lowest BCUT2D eigenvalue weighted by molar-refractivity contribution is 0.129. The summed E-state index contributed by atoms with van der Waals surface area (Å²) in [4.78, 5) is 0. The Morgan fingerprint density at radius 3 is 2.55 bits per heavy atom. The van der Waals surface area contributed by atoms with Gasteiger partial charge in [-0.25, -0.2) is 10.4 Å². The number of nitrogens with one attached hydrogen (secondary N) is 1. The Labute approximate surface area is 121 Å². The molecule has 5 heteroatoms. The van der Waals surface area contributed by atoms with Crippen molar-refractivity contribution in [2.75, 3.05) is 33.9 Å². The van der Waals surface area contributed by atoms with Gasteiger partial charge >= 0.3 is 0 Å². The smallest absolute Gasteiger partial charge is 0.124 e. The maximum atomic E-state index is 5.95. The second kappa shape index (κ2) is 7.47. The molecule has 1 atom stereocenters. The van der Waals surface area contributed by atoms with Gasteiger partial charge in [0.25, 0.3) is 0 Å².